The highest BCUT2D eigenvalue weighted by molar-refractivity contribution is 5.54. The second-order valence-corrected chi connectivity index (χ2v) is 3.01. The number of hydrogen-bond donors (Lipinski definition) is 0. The van der Waals surface area contributed by atoms with E-state index in [9.17, 15) is 14.9 Å². The van der Waals surface area contributed by atoms with Crippen LogP contribution in [0.4, 0.5) is 0 Å². The van der Waals surface area contributed by atoms with Crippen LogP contribution in [0, 0.1) is 22.0 Å². The van der Waals surface area contributed by atoms with Crippen molar-refractivity contribution in [1.29, 1.82) is 0 Å². The van der Waals surface area contributed by atoms with Gasteiger partial charge in [-0.1, -0.05) is 6.42 Å². The van der Waals surface area contributed by atoms with Crippen LogP contribution in [0.2, 0.25) is 0 Å². The van der Waals surface area contributed by atoms with E-state index in [1.54, 1.807) is 0 Å². The van der Waals surface area contributed by atoms with Crippen LogP contribution in [0.15, 0.2) is 0 Å². The first kappa shape index (κ1) is 8.17. The summed E-state index contributed by atoms with van der Waals surface area (Å²) in [5.41, 5.74) is 0. The summed E-state index contributed by atoms with van der Waals surface area (Å²) in [5.74, 6) is -0.0529. The average molecular weight is 157 g/mol. The third-order valence-corrected chi connectivity index (χ3v) is 2.28. The molecule has 62 valence electrons. The van der Waals surface area contributed by atoms with Gasteiger partial charge < -0.3 is 4.79 Å². The Morgan fingerprint density at radius 1 is 1.55 bits per heavy atom. The molecule has 1 aliphatic rings. The fourth-order valence-electron chi connectivity index (χ4n) is 1.66. The lowest BCUT2D eigenvalue weighted by atomic mass is 9.98. The Morgan fingerprint density at radius 2 is 2.27 bits per heavy atom. The van der Waals surface area contributed by atoms with E-state index < -0.39 is 0 Å². The van der Waals surface area contributed by atoms with E-state index in [-0.39, 0.29) is 23.3 Å². The molecule has 0 saturated heterocycles. The third kappa shape index (κ3) is 2.00. The first-order chi connectivity index (χ1) is 5.24. The largest absolute Gasteiger partial charge is 0.303 e. The molecule has 0 aromatic heterocycles. The van der Waals surface area contributed by atoms with Crippen molar-refractivity contribution in [3.8, 4) is 0 Å². The van der Waals surface area contributed by atoms with Crippen molar-refractivity contribution in [2.24, 2.45) is 11.8 Å². The maximum Gasteiger partial charge on any atom is 0.207 e. The monoisotopic (exact) mass is 157 g/mol. The van der Waals surface area contributed by atoms with Crippen molar-refractivity contribution in [3.63, 3.8) is 0 Å². The van der Waals surface area contributed by atoms with Crippen molar-refractivity contribution in [2.75, 3.05) is 6.54 Å². The Kier molecular flexibility index (Phi) is 2.57. The van der Waals surface area contributed by atoms with Gasteiger partial charge >= 0.3 is 0 Å². The lowest BCUT2D eigenvalue weighted by Gasteiger charge is -2.07. The molecule has 0 bridgehead atoms. The highest BCUT2D eigenvalue weighted by Gasteiger charge is 2.30. The molecular weight excluding hydrogens is 146 g/mol. The Bertz CT molecular complexity index is 169. The molecule has 1 aliphatic carbocycles. The second-order valence-electron chi connectivity index (χ2n) is 3.01. The molecule has 0 heterocycles. The minimum atomic E-state index is -0.327. The normalized spacial score (nSPS) is 30.2. The summed E-state index contributed by atoms with van der Waals surface area (Å²) in [7, 11) is 0. The molecule has 1 rings (SSSR count). The molecule has 0 radical (unpaired) electrons. The number of carbonyl (C=O) groups excluding carboxylic acids is 1. The van der Waals surface area contributed by atoms with Crippen molar-refractivity contribution < 1.29 is 9.72 Å². The summed E-state index contributed by atoms with van der Waals surface area (Å²) in [6, 6.07) is 0. The van der Waals surface area contributed by atoms with Crippen molar-refractivity contribution in [1.82, 2.24) is 0 Å². The predicted octanol–water partition coefficient (Wildman–Crippen LogP) is 0.878. The molecule has 1 fully saturated rings. The standard InChI is InChI=1S/C7H11NO3/c9-5-7-3-1-2-6(7)4-8(10)11/h5-7H,1-4H2/t6-,7-/m0/s1. The summed E-state index contributed by atoms with van der Waals surface area (Å²) in [6.45, 7) is -0.0383. The molecule has 1 saturated carbocycles. The zero-order valence-corrected chi connectivity index (χ0v) is 6.23. The maximum atomic E-state index is 10.4. The molecule has 0 aromatic rings. The quantitative estimate of drug-likeness (QED) is 0.347. The minimum Gasteiger partial charge on any atom is -0.303 e. The van der Waals surface area contributed by atoms with Gasteiger partial charge in [0.05, 0.1) is 0 Å². The number of rotatable bonds is 3. The molecule has 2 atom stereocenters. The van der Waals surface area contributed by atoms with Gasteiger partial charge in [-0.25, -0.2) is 0 Å². The smallest absolute Gasteiger partial charge is 0.207 e. The van der Waals surface area contributed by atoms with Crippen LogP contribution in [0.25, 0.3) is 0 Å². The zero-order valence-electron chi connectivity index (χ0n) is 6.23. The van der Waals surface area contributed by atoms with E-state index in [4.69, 9.17) is 0 Å². The van der Waals surface area contributed by atoms with E-state index in [1.807, 2.05) is 0 Å². The van der Waals surface area contributed by atoms with Crippen LogP contribution in [-0.2, 0) is 4.79 Å². The third-order valence-electron chi connectivity index (χ3n) is 2.28. The molecule has 0 N–H and O–H groups in total. The Hall–Kier alpha value is -0.930. The lowest BCUT2D eigenvalue weighted by molar-refractivity contribution is -0.488. The van der Waals surface area contributed by atoms with Gasteiger partial charge in [-0.3, -0.25) is 10.1 Å². The van der Waals surface area contributed by atoms with Gasteiger partial charge in [0.2, 0.25) is 6.54 Å². The number of hydrogen-bond acceptors (Lipinski definition) is 3. The van der Waals surface area contributed by atoms with Gasteiger partial charge in [0, 0.05) is 16.8 Å². The summed E-state index contributed by atoms with van der Waals surface area (Å²) >= 11 is 0. The Labute approximate surface area is 64.7 Å². The lowest BCUT2D eigenvalue weighted by Crippen LogP contribution is -2.18. The molecule has 4 heteroatoms. The van der Waals surface area contributed by atoms with E-state index in [2.05, 4.69) is 0 Å². The molecule has 0 spiro atoms. The summed E-state index contributed by atoms with van der Waals surface area (Å²) in [5, 5.41) is 10.1. The SMILES string of the molecule is O=C[C@@H]1CCC[C@H]1C[N+](=O)[O-]. The highest BCUT2D eigenvalue weighted by Crippen LogP contribution is 2.29. The zero-order chi connectivity index (χ0) is 8.27. The summed E-state index contributed by atoms with van der Waals surface area (Å²) in [6.07, 6.45) is 3.50. The fourth-order valence-corrected chi connectivity index (χ4v) is 1.66. The van der Waals surface area contributed by atoms with Crippen LogP contribution >= 0.6 is 0 Å². The second kappa shape index (κ2) is 3.46. The average Bonchev–Trinajstić information content (AvgIpc) is 2.34. The van der Waals surface area contributed by atoms with Crippen LogP contribution in [-0.4, -0.2) is 17.8 Å². The fraction of sp³-hybridized carbons (Fsp3) is 0.857. The van der Waals surface area contributed by atoms with Crippen molar-refractivity contribution in [2.45, 2.75) is 19.3 Å². The molecular formula is C7H11NO3. The van der Waals surface area contributed by atoms with Crippen LogP contribution in [0.5, 0.6) is 0 Å². The van der Waals surface area contributed by atoms with E-state index in [0.717, 1.165) is 25.5 Å². The first-order valence-electron chi connectivity index (χ1n) is 3.81. The Balaban J connectivity index is 2.43. The highest BCUT2D eigenvalue weighted by atomic mass is 16.6. The molecule has 0 unspecified atom stereocenters. The summed E-state index contributed by atoms with van der Waals surface area (Å²) < 4.78 is 0. The van der Waals surface area contributed by atoms with Crippen LogP contribution in [0.1, 0.15) is 19.3 Å². The molecule has 0 aliphatic heterocycles. The predicted molar refractivity (Wildman–Crippen MR) is 38.8 cm³/mol. The maximum absolute atomic E-state index is 10.4. The van der Waals surface area contributed by atoms with Gasteiger partial charge in [-0.2, -0.15) is 0 Å². The number of carbonyl (C=O) groups is 1. The van der Waals surface area contributed by atoms with Crippen molar-refractivity contribution >= 4 is 6.29 Å². The van der Waals surface area contributed by atoms with Gasteiger partial charge in [0.15, 0.2) is 0 Å². The summed E-state index contributed by atoms with van der Waals surface area (Å²) in [4.78, 5) is 20.2. The van der Waals surface area contributed by atoms with Gasteiger partial charge in [0.1, 0.15) is 6.29 Å². The van der Waals surface area contributed by atoms with E-state index in [1.165, 1.54) is 0 Å². The van der Waals surface area contributed by atoms with Gasteiger partial charge in [0.25, 0.3) is 0 Å². The molecule has 0 aromatic carbocycles. The topological polar surface area (TPSA) is 60.2 Å². The molecule has 11 heavy (non-hydrogen) atoms. The van der Waals surface area contributed by atoms with E-state index in [0.29, 0.717) is 0 Å². The van der Waals surface area contributed by atoms with E-state index >= 15 is 0 Å². The number of nitrogens with zero attached hydrogens (tertiary/aromatic N) is 1. The van der Waals surface area contributed by atoms with Crippen LogP contribution < -0.4 is 0 Å². The Morgan fingerprint density at radius 3 is 2.82 bits per heavy atom. The van der Waals surface area contributed by atoms with Crippen molar-refractivity contribution in [3.05, 3.63) is 10.1 Å². The van der Waals surface area contributed by atoms with Gasteiger partial charge in [-0.15, -0.1) is 0 Å². The molecule has 0 amide bonds. The number of aldehydes is 1. The van der Waals surface area contributed by atoms with Gasteiger partial charge in [-0.05, 0) is 12.8 Å². The first-order valence-corrected chi connectivity index (χ1v) is 3.81. The number of nitro groups is 1. The molecule has 4 nitrogen and oxygen atoms in total. The van der Waals surface area contributed by atoms with Crippen LogP contribution in [0.3, 0.4) is 0 Å². The minimum absolute atomic E-state index is 0.00231.